The van der Waals surface area contributed by atoms with Crippen LogP contribution in [0.1, 0.15) is 27.2 Å². The molecule has 2 rings (SSSR count). The summed E-state index contributed by atoms with van der Waals surface area (Å²) in [6.07, 6.45) is 1.16. The van der Waals surface area contributed by atoms with Crippen molar-refractivity contribution in [1.29, 1.82) is 0 Å². The fraction of sp³-hybridized carbons (Fsp3) is 0.929. The van der Waals surface area contributed by atoms with Crippen LogP contribution in [0.2, 0.25) is 0 Å². The highest BCUT2D eigenvalue weighted by Crippen LogP contribution is 2.33. The van der Waals surface area contributed by atoms with E-state index in [9.17, 15) is 4.79 Å². The molecule has 104 valence electrons. The Balaban J connectivity index is 1.95. The summed E-state index contributed by atoms with van der Waals surface area (Å²) < 4.78 is 0. The van der Waals surface area contributed by atoms with Gasteiger partial charge in [0.15, 0.2) is 0 Å². The summed E-state index contributed by atoms with van der Waals surface area (Å²) in [6, 6.07) is 0.601. The van der Waals surface area contributed by atoms with E-state index in [0.717, 1.165) is 51.0 Å². The van der Waals surface area contributed by atoms with E-state index in [2.05, 4.69) is 31.0 Å². The number of carbonyl (C=O) groups is 1. The maximum atomic E-state index is 12.2. The Hall–Kier alpha value is -0.610. The van der Waals surface area contributed by atoms with Gasteiger partial charge in [0, 0.05) is 25.7 Å². The number of carbonyl (C=O) groups excluding carboxylic acids is 1. The van der Waals surface area contributed by atoms with Gasteiger partial charge in [-0.2, -0.15) is 0 Å². The Morgan fingerprint density at radius 3 is 2.61 bits per heavy atom. The van der Waals surface area contributed by atoms with Crippen LogP contribution in [0.15, 0.2) is 0 Å². The van der Waals surface area contributed by atoms with Gasteiger partial charge in [-0.05, 0) is 45.2 Å². The maximum absolute atomic E-state index is 12.2. The summed E-state index contributed by atoms with van der Waals surface area (Å²) >= 11 is 0. The third-order valence-corrected chi connectivity index (χ3v) is 4.70. The molecule has 18 heavy (non-hydrogen) atoms. The first kappa shape index (κ1) is 13.8. The van der Waals surface area contributed by atoms with Crippen LogP contribution in [0.25, 0.3) is 0 Å². The predicted molar refractivity (Wildman–Crippen MR) is 73.4 cm³/mol. The third-order valence-electron chi connectivity index (χ3n) is 4.70. The van der Waals surface area contributed by atoms with Gasteiger partial charge in [-0.3, -0.25) is 9.69 Å². The molecule has 3 unspecified atom stereocenters. The molecule has 0 aliphatic carbocycles. The van der Waals surface area contributed by atoms with E-state index in [1.807, 2.05) is 4.90 Å². The highest BCUT2D eigenvalue weighted by Gasteiger charge is 2.43. The monoisotopic (exact) mass is 253 g/mol. The topological polar surface area (TPSA) is 35.6 Å². The molecule has 4 heteroatoms. The molecule has 2 aliphatic heterocycles. The highest BCUT2D eigenvalue weighted by atomic mass is 16.2. The minimum absolute atomic E-state index is 0.298. The molecule has 1 N–H and O–H groups in total. The van der Waals surface area contributed by atoms with Gasteiger partial charge < -0.3 is 10.2 Å². The lowest BCUT2D eigenvalue weighted by molar-refractivity contribution is -0.132. The number of fused-ring (bicyclic) bond motifs is 1. The molecule has 2 aliphatic rings. The lowest BCUT2D eigenvalue weighted by Gasteiger charge is -2.28. The van der Waals surface area contributed by atoms with Crippen LogP contribution < -0.4 is 5.32 Å². The van der Waals surface area contributed by atoms with Crippen LogP contribution in [0, 0.1) is 11.8 Å². The van der Waals surface area contributed by atoms with E-state index < -0.39 is 0 Å². The molecule has 3 atom stereocenters. The molecule has 0 aromatic heterocycles. The van der Waals surface area contributed by atoms with Gasteiger partial charge in [-0.25, -0.2) is 0 Å². The zero-order valence-corrected chi connectivity index (χ0v) is 12.0. The van der Waals surface area contributed by atoms with Crippen LogP contribution in [-0.4, -0.2) is 61.0 Å². The van der Waals surface area contributed by atoms with Crippen molar-refractivity contribution in [3.05, 3.63) is 0 Å². The minimum Gasteiger partial charge on any atom is -0.342 e. The summed E-state index contributed by atoms with van der Waals surface area (Å²) in [5.74, 6) is 1.82. The average Bonchev–Trinajstić information content (AvgIpc) is 2.90. The molecule has 2 heterocycles. The van der Waals surface area contributed by atoms with Crippen molar-refractivity contribution in [2.75, 3.05) is 39.3 Å². The molecule has 2 fully saturated rings. The van der Waals surface area contributed by atoms with Gasteiger partial charge in [-0.1, -0.05) is 6.92 Å². The molecule has 0 saturated carbocycles. The second kappa shape index (κ2) is 6.02. The number of likely N-dealkylation sites (tertiary alicyclic amines) is 1. The molecule has 2 saturated heterocycles. The van der Waals surface area contributed by atoms with Gasteiger partial charge in [-0.15, -0.1) is 0 Å². The first-order valence-corrected chi connectivity index (χ1v) is 7.43. The van der Waals surface area contributed by atoms with Crippen LogP contribution in [-0.2, 0) is 4.79 Å². The molecule has 0 bridgehead atoms. The molecular formula is C14H27N3O. The lowest BCUT2D eigenvalue weighted by atomic mass is 9.93. The van der Waals surface area contributed by atoms with E-state index >= 15 is 0 Å². The Morgan fingerprint density at radius 2 is 2.00 bits per heavy atom. The summed E-state index contributed by atoms with van der Waals surface area (Å²) in [5, 5.41) is 3.49. The molecule has 0 spiro atoms. The summed E-state index contributed by atoms with van der Waals surface area (Å²) in [6.45, 7) is 12.0. The van der Waals surface area contributed by atoms with Gasteiger partial charge >= 0.3 is 0 Å². The second-order valence-corrected chi connectivity index (χ2v) is 5.55. The zero-order chi connectivity index (χ0) is 13.1. The number of amides is 1. The van der Waals surface area contributed by atoms with Crippen molar-refractivity contribution in [3.8, 4) is 0 Å². The summed E-state index contributed by atoms with van der Waals surface area (Å²) in [7, 11) is 0. The SMILES string of the molecule is CCC1C2CNCC2CN1CC(=O)N(CC)CC. The number of nitrogens with one attached hydrogen (secondary N) is 1. The van der Waals surface area contributed by atoms with Crippen molar-refractivity contribution >= 4 is 5.91 Å². The van der Waals surface area contributed by atoms with Gasteiger partial charge in [0.25, 0.3) is 0 Å². The second-order valence-electron chi connectivity index (χ2n) is 5.55. The normalized spacial score (nSPS) is 31.6. The van der Waals surface area contributed by atoms with Crippen LogP contribution in [0.3, 0.4) is 0 Å². The number of nitrogens with zero attached hydrogens (tertiary/aromatic N) is 2. The Bertz CT molecular complexity index is 291. The molecule has 0 radical (unpaired) electrons. The first-order valence-electron chi connectivity index (χ1n) is 7.43. The Labute approximate surface area is 111 Å². The highest BCUT2D eigenvalue weighted by molar-refractivity contribution is 5.78. The maximum Gasteiger partial charge on any atom is 0.236 e. The lowest BCUT2D eigenvalue weighted by Crippen LogP contribution is -2.44. The first-order chi connectivity index (χ1) is 8.71. The van der Waals surface area contributed by atoms with Crippen LogP contribution in [0.5, 0.6) is 0 Å². The van der Waals surface area contributed by atoms with Gasteiger partial charge in [0.05, 0.1) is 6.54 Å². The number of hydrogen-bond acceptors (Lipinski definition) is 3. The van der Waals surface area contributed by atoms with Gasteiger partial charge in [0.1, 0.15) is 0 Å². The number of likely N-dealkylation sites (N-methyl/N-ethyl adjacent to an activating group) is 1. The summed E-state index contributed by atoms with van der Waals surface area (Å²) in [4.78, 5) is 16.6. The van der Waals surface area contributed by atoms with E-state index in [1.54, 1.807) is 0 Å². The van der Waals surface area contributed by atoms with Crippen molar-refractivity contribution in [2.45, 2.75) is 33.2 Å². The van der Waals surface area contributed by atoms with E-state index in [0.29, 0.717) is 18.5 Å². The van der Waals surface area contributed by atoms with Crippen LogP contribution in [0.4, 0.5) is 0 Å². The van der Waals surface area contributed by atoms with E-state index in [1.165, 1.54) is 0 Å². The number of hydrogen-bond donors (Lipinski definition) is 1. The van der Waals surface area contributed by atoms with Crippen molar-refractivity contribution in [1.82, 2.24) is 15.1 Å². The molecular weight excluding hydrogens is 226 g/mol. The fourth-order valence-electron chi connectivity index (χ4n) is 3.70. The summed E-state index contributed by atoms with van der Waals surface area (Å²) in [5.41, 5.74) is 0. The van der Waals surface area contributed by atoms with Crippen molar-refractivity contribution in [2.24, 2.45) is 11.8 Å². The van der Waals surface area contributed by atoms with Gasteiger partial charge in [0.2, 0.25) is 5.91 Å². The molecule has 4 nitrogen and oxygen atoms in total. The van der Waals surface area contributed by atoms with E-state index in [-0.39, 0.29) is 0 Å². The molecule has 0 aromatic carbocycles. The van der Waals surface area contributed by atoms with E-state index in [4.69, 9.17) is 0 Å². The third kappa shape index (κ3) is 2.54. The smallest absolute Gasteiger partial charge is 0.236 e. The Kier molecular flexibility index (Phi) is 4.62. The fourth-order valence-corrected chi connectivity index (χ4v) is 3.70. The molecule has 0 aromatic rings. The molecule has 1 amide bonds. The van der Waals surface area contributed by atoms with Crippen LogP contribution >= 0.6 is 0 Å². The van der Waals surface area contributed by atoms with Crippen molar-refractivity contribution < 1.29 is 4.79 Å². The Morgan fingerprint density at radius 1 is 1.28 bits per heavy atom. The minimum atomic E-state index is 0.298. The average molecular weight is 253 g/mol. The quantitative estimate of drug-likeness (QED) is 0.787. The number of rotatable bonds is 5. The largest absolute Gasteiger partial charge is 0.342 e. The van der Waals surface area contributed by atoms with Crippen molar-refractivity contribution in [3.63, 3.8) is 0 Å². The standard InChI is InChI=1S/C14H27N3O/c1-4-13-12-8-15-7-11(12)9-17(13)10-14(18)16(5-2)6-3/h11-13,15H,4-10H2,1-3H3. The predicted octanol–water partition coefficient (Wildman–Crippen LogP) is 0.785. The zero-order valence-electron chi connectivity index (χ0n) is 12.0.